The molecule has 3 rings (SSSR count). The van der Waals surface area contributed by atoms with Crippen LogP contribution in [-0.4, -0.2) is 25.2 Å². The number of hydrogen-bond acceptors (Lipinski definition) is 6. The molecule has 3 aromatic rings. The van der Waals surface area contributed by atoms with Crippen LogP contribution in [0.2, 0.25) is 0 Å². The molecule has 3 aromatic carbocycles. The molecular weight excluding hydrogens is 480 g/mol. The lowest BCUT2D eigenvalue weighted by atomic mass is 10.2. The molecule has 0 radical (unpaired) electrons. The second-order valence-corrected chi connectivity index (χ2v) is 9.12. The van der Waals surface area contributed by atoms with Crippen LogP contribution >= 0.6 is 0 Å². The number of ether oxygens (including phenoxy) is 4. The lowest BCUT2D eigenvalue weighted by molar-refractivity contribution is 0.0733. The van der Waals surface area contributed by atoms with Gasteiger partial charge in [0.25, 0.3) is 0 Å². The predicted molar refractivity (Wildman–Crippen MR) is 149 cm³/mol. The van der Waals surface area contributed by atoms with Crippen molar-refractivity contribution in [1.29, 1.82) is 0 Å². The summed E-state index contributed by atoms with van der Waals surface area (Å²) >= 11 is 0. The summed E-state index contributed by atoms with van der Waals surface area (Å²) in [5, 5.41) is 0. The molecule has 0 saturated heterocycles. The van der Waals surface area contributed by atoms with E-state index in [0.29, 0.717) is 24.3 Å². The number of hydrogen-bond donors (Lipinski definition) is 0. The molecule has 0 spiro atoms. The first-order valence-corrected chi connectivity index (χ1v) is 13.6. The molecule has 0 saturated carbocycles. The van der Waals surface area contributed by atoms with Gasteiger partial charge in [-0.3, -0.25) is 0 Å². The number of rotatable bonds is 16. The molecule has 6 nitrogen and oxygen atoms in total. The van der Waals surface area contributed by atoms with Crippen LogP contribution in [0.25, 0.3) is 0 Å². The highest BCUT2D eigenvalue weighted by Crippen LogP contribution is 2.23. The number of unbranched alkanes of at least 4 members (excludes halogenated alkanes) is 6. The molecule has 0 unspecified atom stereocenters. The fourth-order valence-electron chi connectivity index (χ4n) is 3.75. The van der Waals surface area contributed by atoms with E-state index in [4.69, 9.17) is 18.9 Å². The van der Waals surface area contributed by atoms with Gasteiger partial charge in [0.15, 0.2) is 0 Å². The van der Waals surface area contributed by atoms with Gasteiger partial charge in [0.1, 0.15) is 23.0 Å². The molecule has 0 aliphatic rings. The van der Waals surface area contributed by atoms with Gasteiger partial charge in [0.2, 0.25) is 0 Å². The lowest BCUT2D eigenvalue weighted by Crippen LogP contribution is -2.10. The van der Waals surface area contributed by atoms with E-state index in [2.05, 4.69) is 13.8 Å². The van der Waals surface area contributed by atoms with Gasteiger partial charge in [-0.2, -0.15) is 0 Å². The van der Waals surface area contributed by atoms with Crippen molar-refractivity contribution in [2.24, 2.45) is 0 Å². The SMILES string of the molecule is CCCCCCOc1ccc(C(=O)Oc2cccc(OC(=O)c3ccc(OCCCCCC)cc3)c2)cc1. The minimum Gasteiger partial charge on any atom is -0.494 e. The maximum absolute atomic E-state index is 12.6. The van der Waals surface area contributed by atoms with Crippen molar-refractivity contribution in [2.75, 3.05) is 13.2 Å². The normalized spacial score (nSPS) is 10.6. The molecule has 0 N–H and O–H groups in total. The van der Waals surface area contributed by atoms with Crippen LogP contribution in [0.1, 0.15) is 85.9 Å². The van der Waals surface area contributed by atoms with Gasteiger partial charge in [-0.05, 0) is 73.5 Å². The molecule has 202 valence electrons. The largest absolute Gasteiger partial charge is 0.494 e. The van der Waals surface area contributed by atoms with Crippen molar-refractivity contribution in [3.05, 3.63) is 83.9 Å². The van der Waals surface area contributed by atoms with Gasteiger partial charge in [-0.15, -0.1) is 0 Å². The zero-order chi connectivity index (χ0) is 27.0. The van der Waals surface area contributed by atoms with Crippen LogP contribution in [0.15, 0.2) is 72.8 Å². The summed E-state index contributed by atoms with van der Waals surface area (Å²) in [7, 11) is 0. The van der Waals surface area contributed by atoms with Crippen molar-refractivity contribution in [3.8, 4) is 23.0 Å². The smallest absolute Gasteiger partial charge is 0.343 e. The first-order valence-electron chi connectivity index (χ1n) is 13.6. The fourth-order valence-corrected chi connectivity index (χ4v) is 3.75. The highest BCUT2D eigenvalue weighted by Gasteiger charge is 2.12. The van der Waals surface area contributed by atoms with E-state index in [1.54, 1.807) is 66.7 Å². The molecule has 0 aromatic heterocycles. The van der Waals surface area contributed by atoms with Gasteiger partial charge < -0.3 is 18.9 Å². The van der Waals surface area contributed by atoms with Crippen molar-refractivity contribution >= 4 is 11.9 Å². The predicted octanol–water partition coefficient (Wildman–Crippen LogP) is 8.04. The Balaban J connectivity index is 1.48. The second-order valence-electron chi connectivity index (χ2n) is 9.12. The van der Waals surface area contributed by atoms with Crippen LogP contribution in [0.3, 0.4) is 0 Å². The van der Waals surface area contributed by atoms with E-state index in [9.17, 15) is 9.59 Å². The quantitative estimate of drug-likeness (QED) is 0.109. The van der Waals surface area contributed by atoms with Gasteiger partial charge in [-0.1, -0.05) is 58.4 Å². The van der Waals surface area contributed by atoms with Crippen LogP contribution in [0, 0.1) is 0 Å². The van der Waals surface area contributed by atoms with Crippen molar-refractivity contribution < 1.29 is 28.5 Å². The molecule has 0 atom stereocenters. The Morgan fingerprint density at radius 2 is 0.947 bits per heavy atom. The maximum atomic E-state index is 12.6. The highest BCUT2D eigenvalue weighted by atomic mass is 16.5. The van der Waals surface area contributed by atoms with Crippen molar-refractivity contribution in [3.63, 3.8) is 0 Å². The highest BCUT2D eigenvalue weighted by molar-refractivity contribution is 5.92. The molecule has 0 heterocycles. The van der Waals surface area contributed by atoms with E-state index in [1.165, 1.54) is 31.7 Å². The molecular formula is C32H38O6. The Kier molecular flexibility index (Phi) is 12.2. The first-order chi connectivity index (χ1) is 18.6. The Bertz CT molecular complexity index is 1030. The summed E-state index contributed by atoms with van der Waals surface area (Å²) in [6.07, 6.45) is 9.10. The molecule has 0 aliphatic carbocycles. The van der Waals surface area contributed by atoms with Gasteiger partial charge in [0.05, 0.1) is 24.3 Å². The number of carbonyl (C=O) groups excluding carboxylic acids is 2. The van der Waals surface area contributed by atoms with E-state index < -0.39 is 11.9 Å². The minimum absolute atomic E-state index is 0.281. The summed E-state index contributed by atoms with van der Waals surface area (Å²) in [4.78, 5) is 25.2. The number of carbonyl (C=O) groups is 2. The average molecular weight is 519 g/mol. The minimum atomic E-state index is -0.506. The molecule has 0 amide bonds. The standard InChI is InChI=1S/C32H38O6/c1-3-5-7-9-22-35-27-18-14-25(15-19-27)31(33)37-29-12-11-13-30(24-29)38-32(34)26-16-20-28(21-17-26)36-23-10-8-6-4-2/h11-21,24H,3-10,22-23H2,1-2H3. The summed E-state index contributed by atoms with van der Waals surface area (Å²) in [6.45, 7) is 5.67. The third kappa shape index (κ3) is 9.92. The van der Waals surface area contributed by atoms with Crippen LogP contribution in [0.4, 0.5) is 0 Å². The monoisotopic (exact) mass is 518 g/mol. The molecule has 38 heavy (non-hydrogen) atoms. The molecule has 0 bridgehead atoms. The average Bonchev–Trinajstić information content (AvgIpc) is 2.93. The Labute approximate surface area is 225 Å². The second kappa shape index (κ2) is 16.1. The summed E-state index contributed by atoms with van der Waals surface area (Å²) in [6, 6.07) is 20.2. The zero-order valence-corrected chi connectivity index (χ0v) is 22.4. The Morgan fingerprint density at radius 3 is 1.34 bits per heavy atom. The van der Waals surface area contributed by atoms with Crippen LogP contribution in [0.5, 0.6) is 23.0 Å². The Morgan fingerprint density at radius 1 is 0.526 bits per heavy atom. The van der Waals surface area contributed by atoms with Crippen LogP contribution < -0.4 is 18.9 Å². The third-order valence-electron chi connectivity index (χ3n) is 5.94. The number of benzene rings is 3. The number of esters is 2. The van der Waals surface area contributed by atoms with E-state index in [0.717, 1.165) is 37.2 Å². The van der Waals surface area contributed by atoms with E-state index in [-0.39, 0.29) is 11.5 Å². The molecule has 0 fully saturated rings. The molecule has 6 heteroatoms. The zero-order valence-electron chi connectivity index (χ0n) is 22.4. The first kappa shape index (κ1) is 28.8. The maximum Gasteiger partial charge on any atom is 0.343 e. The van der Waals surface area contributed by atoms with Crippen molar-refractivity contribution in [1.82, 2.24) is 0 Å². The summed E-state index contributed by atoms with van der Waals surface area (Å²) in [5.41, 5.74) is 0.803. The van der Waals surface area contributed by atoms with E-state index in [1.807, 2.05) is 0 Å². The lowest BCUT2D eigenvalue weighted by Gasteiger charge is -2.09. The van der Waals surface area contributed by atoms with Gasteiger partial charge >= 0.3 is 11.9 Å². The van der Waals surface area contributed by atoms with Crippen LogP contribution in [-0.2, 0) is 0 Å². The summed E-state index contributed by atoms with van der Waals surface area (Å²) < 4.78 is 22.4. The third-order valence-corrected chi connectivity index (χ3v) is 5.94. The fraction of sp³-hybridized carbons (Fsp3) is 0.375. The topological polar surface area (TPSA) is 71.1 Å². The van der Waals surface area contributed by atoms with Gasteiger partial charge in [0, 0.05) is 6.07 Å². The van der Waals surface area contributed by atoms with Crippen molar-refractivity contribution in [2.45, 2.75) is 65.2 Å². The van der Waals surface area contributed by atoms with Gasteiger partial charge in [-0.25, -0.2) is 9.59 Å². The summed E-state index contributed by atoms with van der Waals surface area (Å²) in [5.74, 6) is 0.991. The Hall–Kier alpha value is -3.80. The molecule has 0 aliphatic heterocycles. The van der Waals surface area contributed by atoms with E-state index >= 15 is 0 Å².